The van der Waals surface area contributed by atoms with Gasteiger partial charge in [0.1, 0.15) is 5.75 Å². The van der Waals surface area contributed by atoms with Crippen LogP contribution in [0.2, 0.25) is 0 Å². The number of nitrogens with zero attached hydrogens (tertiary/aromatic N) is 2. The molecule has 2 saturated heterocycles. The zero-order valence-corrected chi connectivity index (χ0v) is 16.6. The Kier molecular flexibility index (Phi) is 6.67. The summed E-state index contributed by atoms with van der Waals surface area (Å²) >= 11 is 0. The lowest BCUT2D eigenvalue weighted by Gasteiger charge is -2.37. The van der Waals surface area contributed by atoms with Gasteiger partial charge >= 0.3 is 0 Å². The fourth-order valence-electron chi connectivity index (χ4n) is 3.72. The number of amides is 2. The minimum atomic E-state index is -0.681. The minimum absolute atomic E-state index is 0.0510. The van der Waals surface area contributed by atoms with Crippen molar-refractivity contribution < 1.29 is 23.9 Å². The molecule has 28 heavy (non-hydrogen) atoms. The molecule has 3 rings (SSSR count). The van der Waals surface area contributed by atoms with Gasteiger partial charge in [0.05, 0.1) is 19.1 Å². The van der Waals surface area contributed by atoms with E-state index in [9.17, 15) is 14.4 Å². The Hall–Kier alpha value is -2.41. The van der Waals surface area contributed by atoms with Crippen molar-refractivity contribution in [2.75, 3.05) is 39.4 Å². The highest BCUT2D eigenvalue weighted by atomic mass is 16.5. The Labute approximate surface area is 165 Å². The number of likely N-dealkylation sites (tertiary alicyclic amines) is 1. The van der Waals surface area contributed by atoms with Crippen LogP contribution in [-0.2, 0) is 14.3 Å². The van der Waals surface area contributed by atoms with Gasteiger partial charge in [0.2, 0.25) is 5.91 Å². The van der Waals surface area contributed by atoms with Gasteiger partial charge in [-0.25, -0.2) is 0 Å². The molecule has 0 aliphatic carbocycles. The number of benzene rings is 1. The summed E-state index contributed by atoms with van der Waals surface area (Å²) < 4.78 is 11.1. The third kappa shape index (κ3) is 4.90. The van der Waals surface area contributed by atoms with Crippen molar-refractivity contribution in [3.8, 4) is 5.75 Å². The summed E-state index contributed by atoms with van der Waals surface area (Å²) in [4.78, 5) is 40.7. The summed E-state index contributed by atoms with van der Waals surface area (Å²) in [7, 11) is 0. The first kappa shape index (κ1) is 20.3. The van der Waals surface area contributed by atoms with E-state index in [0.29, 0.717) is 50.7 Å². The van der Waals surface area contributed by atoms with Crippen LogP contribution >= 0.6 is 0 Å². The average Bonchev–Trinajstić information content (AvgIpc) is 2.73. The quantitative estimate of drug-likeness (QED) is 0.719. The van der Waals surface area contributed by atoms with Gasteiger partial charge in [-0.15, -0.1) is 0 Å². The molecular weight excluding hydrogens is 360 g/mol. The van der Waals surface area contributed by atoms with Gasteiger partial charge in [0, 0.05) is 31.7 Å². The summed E-state index contributed by atoms with van der Waals surface area (Å²) in [6.45, 7) is 6.65. The van der Waals surface area contributed by atoms with Crippen molar-refractivity contribution in [2.24, 2.45) is 5.92 Å². The molecule has 2 amide bonds. The lowest BCUT2D eigenvalue weighted by Crippen LogP contribution is -2.51. The Bertz CT molecular complexity index is 729. The fourth-order valence-corrected chi connectivity index (χ4v) is 3.72. The van der Waals surface area contributed by atoms with Gasteiger partial charge in [-0.2, -0.15) is 0 Å². The molecule has 7 nitrogen and oxygen atoms in total. The molecule has 0 aromatic heterocycles. The van der Waals surface area contributed by atoms with Crippen molar-refractivity contribution in [1.29, 1.82) is 0 Å². The molecule has 2 aliphatic rings. The summed E-state index contributed by atoms with van der Waals surface area (Å²) in [6.07, 6.45) is 0.925. The van der Waals surface area contributed by atoms with Crippen LogP contribution in [0.15, 0.2) is 24.3 Å². The first-order valence-corrected chi connectivity index (χ1v) is 9.88. The number of carbonyl (C=O) groups excluding carboxylic acids is 3. The molecule has 2 aliphatic heterocycles. The minimum Gasteiger partial charge on any atom is -0.481 e. The fraction of sp³-hybridized carbons (Fsp3) is 0.571. The average molecular weight is 388 g/mol. The maximum atomic E-state index is 12.9. The molecule has 2 heterocycles. The molecule has 2 atom stereocenters. The van der Waals surface area contributed by atoms with Crippen LogP contribution < -0.4 is 4.74 Å². The molecule has 0 bridgehead atoms. The summed E-state index contributed by atoms with van der Waals surface area (Å²) in [5, 5.41) is 0. The van der Waals surface area contributed by atoms with Crippen LogP contribution in [0.1, 0.15) is 37.0 Å². The van der Waals surface area contributed by atoms with Gasteiger partial charge in [-0.05, 0) is 38.8 Å². The van der Waals surface area contributed by atoms with E-state index in [2.05, 4.69) is 0 Å². The largest absolute Gasteiger partial charge is 0.481 e. The third-order valence-corrected chi connectivity index (χ3v) is 5.31. The highest BCUT2D eigenvalue weighted by Gasteiger charge is 2.33. The maximum Gasteiger partial charge on any atom is 0.263 e. The number of rotatable bonds is 5. The second kappa shape index (κ2) is 9.19. The molecule has 0 spiro atoms. The predicted octanol–water partition coefficient (Wildman–Crippen LogP) is 1.75. The number of piperidine rings is 1. The van der Waals surface area contributed by atoms with Crippen molar-refractivity contribution in [3.63, 3.8) is 0 Å². The van der Waals surface area contributed by atoms with E-state index >= 15 is 0 Å². The predicted molar refractivity (Wildman–Crippen MR) is 103 cm³/mol. The SMILES string of the molecule is CC(=O)c1cccc(OC(C)C(=O)N2CCCC(C(=O)N3CCOCC3)C2)c1. The number of hydrogen-bond donors (Lipinski definition) is 0. The van der Waals surface area contributed by atoms with Crippen molar-refractivity contribution in [3.05, 3.63) is 29.8 Å². The zero-order chi connectivity index (χ0) is 20.1. The Morgan fingerprint density at radius 3 is 2.61 bits per heavy atom. The zero-order valence-electron chi connectivity index (χ0n) is 16.6. The number of Topliss-reactive ketones (excluding diaryl/α,β-unsaturated/α-hetero) is 1. The topological polar surface area (TPSA) is 76.2 Å². The van der Waals surface area contributed by atoms with E-state index in [-0.39, 0.29) is 23.5 Å². The van der Waals surface area contributed by atoms with Crippen molar-refractivity contribution in [1.82, 2.24) is 9.80 Å². The number of hydrogen-bond acceptors (Lipinski definition) is 5. The van der Waals surface area contributed by atoms with Crippen LogP contribution in [0.4, 0.5) is 0 Å². The van der Waals surface area contributed by atoms with E-state index in [1.54, 1.807) is 36.1 Å². The molecule has 0 saturated carbocycles. The van der Waals surface area contributed by atoms with Gasteiger partial charge in [-0.1, -0.05) is 12.1 Å². The van der Waals surface area contributed by atoms with E-state index in [4.69, 9.17) is 9.47 Å². The molecule has 7 heteroatoms. The second-order valence-corrected chi connectivity index (χ2v) is 7.41. The molecule has 0 N–H and O–H groups in total. The van der Waals surface area contributed by atoms with Crippen LogP contribution in [-0.4, -0.2) is 72.9 Å². The number of ketones is 1. The van der Waals surface area contributed by atoms with Crippen LogP contribution in [0.5, 0.6) is 5.75 Å². The maximum absolute atomic E-state index is 12.9. The highest BCUT2D eigenvalue weighted by molar-refractivity contribution is 5.94. The third-order valence-electron chi connectivity index (χ3n) is 5.31. The Morgan fingerprint density at radius 2 is 1.89 bits per heavy atom. The Morgan fingerprint density at radius 1 is 1.14 bits per heavy atom. The van der Waals surface area contributed by atoms with Gasteiger partial charge in [0.15, 0.2) is 11.9 Å². The standard InChI is InChI=1S/C21H28N2O5/c1-15(24)17-5-3-7-19(13-17)28-16(2)20(25)23-8-4-6-18(14-23)21(26)22-9-11-27-12-10-22/h3,5,7,13,16,18H,4,6,8-12,14H2,1-2H3. The molecule has 2 unspecified atom stereocenters. The van der Waals surface area contributed by atoms with Crippen molar-refractivity contribution in [2.45, 2.75) is 32.8 Å². The van der Waals surface area contributed by atoms with Crippen molar-refractivity contribution >= 4 is 17.6 Å². The van der Waals surface area contributed by atoms with Gasteiger partial charge in [0.25, 0.3) is 5.91 Å². The monoisotopic (exact) mass is 388 g/mol. The molecule has 0 radical (unpaired) electrons. The summed E-state index contributed by atoms with van der Waals surface area (Å²) in [5.41, 5.74) is 0.547. The molecule has 2 fully saturated rings. The summed E-state index contributed by atoms with van der Waals surface area (Å²) in [5.74, 6) is 0.261. The first-order chi connectivity index (χ1) is 13.5. The van der Waals surface area contributed by atoms with Gasteiger partial charge < -0.3 is 19.3 Å². The second-order valence-electron chi connectivity index (χ2n) is 7.41. The lowest BCUT2D eigenvalue weighted by atomic mass is 9.96. The van der Waals surface area contributed by atoms with Gasteiger partial charge in [-0.3, -0.25) is 14.4 Å². The Balaban J connectivity index is 1.59. The number of ether oxygens (including phenoxy) is 2. The molecule has 1 aromatic carbocycles. The van der Waals surface area contributed by atoms with E-state index < -0.39 is 6.10 Å². The molecule has 1 aromatic rings. The van der Waals surface area contributed by atoms with E-state index in [1.807, 2.05) is 4.90 Å². The normalized spacial score (nSPS) is 21.1. The molecular formula is C21H28N2O5. The first-order valence-electron chi connectivity index (χ1n) is 9.88. The van der Waals surface area contributed by atoms with Crippen LogP contribution in [0.3, 0.4) is 0 Å². The summed E-state index contributed by atoms with van der Waals surface area (Å²) in [6, 6.07) is 6.83. The van der Waals surface area contributed by atoms with E-state index in [0.717, 1.165) is 12.8 Å². The number of morpholine rings is 1. The van der Waals surface area contributed by atoms with Crippen LogP contribution in [0, 0.1) is 5.92 Å². The lowest BCUT2D eigenvalue weighted by molar-refractivity contribution is -0.146. The smallest absolute Gasteiger partial charge is 0.263 e. The van der Waals surface area contributed by atoms with Crippen LogP contribution in [0.25, 0.3) is 0 Å². The number of carbonyl (C=O) groups is 3. The molecule has 152 valence electrons. The van der Waals surface area contributed by atoms with E-state index in [1.165, 1.54) is 6.92 Å². The highest BCUT2D eigenvalue weighted by Crippen LogP contribution is 2.22.